The van der Waals surface area contributed by atoms with E-state index >= 15 is 0 Å². The normalized spacial score (nSPS) is 32.1. The molecule has 3 aliphatic rings. The first-order valence-electron chi connectivity index (χ1n) is 4.59. The summed E-state index contributed by atoms with van der Waals surface area (Å²) in [5.41, 5.74) is 0. The number of nitrogens with zero attached hydrogens (tertiary/aromatic N) is 1. The summed E-state index contributed by atoms with van der Waals surface area (Å²) in [5.74, 6) is -1.69. The maximum atomic E-state index is 12.1. The van der Waals surface area contributed by atoms with E-state index in [1.165, 1.54) is 0 Å². The van der Waals surface area contributed by atoms with Gasteiger partial charge in [-0.05, 0) is 12.8 Å². The number of halogens is 3. The zero-order chi connectivity index (χ0) is 10.3. The molecule has 1 amide bonds. The van der Waals surface area contributed by atoms with Crippen molar-refractivity contribution in [2.45, 2.75) is 31.1 Å². The highest BCUT2D eigenvalue weighted by molar-refractivity contribution is 5.82. The third-order valence-corrected chi connectivity index (χ3v) is 2.85. The molecule has 0 saturated carbocycles. The van der Waals surface area contributed by atoms with E-state index in [4.69, 9.17) is 0 Å². The summed E-state index contributed by atoms with van der Waals surface area (Å²) in [6.07, 6.45) is -3.18. The maximum Gasteiger partial charge on any atom is 0.471 e. The number of piperazine rings is 1. The van der Waals surface area contributed by atoms with Crippen molar-refractivity contribution in [1.29, 1.82) is 0 Å². The van der Waals surface area contributed by atoms with Crippen LogP contribution in [0.15, 0.2) is 0 Å². The van der Waals surface area contributed by atoms with Gasteiger partial charge in [0.1, 0.15) is 0 Å². The summed E-state index contributed by atoms with van der Waals surface area (Å²) in [5, 5.41) is 3.09. The van der Waals surface area contributed by atoms with Crippen LogP contribution in [-0.4, -0.2) is 42.2 Å². The molecule has 6 heteroatoms. The second-order valence-corrected chi connectivity index (χ2v) is 3.79. The molecule has 0 unspecified atom stereocenters. The van der Waals surface area contributed by atoms with Gasteiger partial charge in [-0.3, -0.25) is 4.79 Å². The SMILES string of the molecule is O=C(N1C[C@H]2CC[C@@H]1CN2)C(F)(F)F. The van der Waals surface area contributed by atoms with E-state index in [2.05, 4.69) is 5.32 Å². The van der Waals surface area contributed by atoms with Gasteiger partial charge in [0.25, 0.3) is 0 Å². The van der Waals surface area contributed by atoms with Crippen LogP contribution in [0.4, 0.5) is 13.2 Å². The van der Waals surface area contributed by atoms with Crippen molar-refractivity contribution < 1.29 is 18.0 Å². The van der Waals surface area contributed by atoms with Gasteiger partial charge in [0.15, 0.2) is 0 Å². The number of amides is 1. The van der Waals surface area contributed by atoms with Crippen LogP contribution in [0.2, 0.25) is 0 Å². The summed E-state index contributed by atoms with van der Waals surface area (Å²) in [6.45, 7) is 0.690. The van der Waals surface area contributed by atoms with E-state index in [1.807, 2.05) is 0 Å². The standard InChI is InChI=1S/C8H11F3N2O/c9-8(10,11)7(14)13-4-5-1-2-6(13)3-12-5/h5-6,12H,1-4H2/t5-,6-/m1/s1. The van der Waals surface area contributed by atoms with Crippen LogP contribution < -0.4 is 5.32 Å². The minimum Gasteiger partial charge on any atom is -0.329 e. The van der Waals surface area contributed by atoms with E-state index in [9.17, 15) is 18.0 Å². The van der Waals surface area contributed by atoms with Crippen molar-refractivity contribution >= 4 is 5.91 Å². The summed E-state index contributed by atoms with van der Waals surface area (Å²) >= 11 is 0. The van der Waals surface area contributed by atoms with Gasteiger partial charge < -0.3 is 10.2 Å². The third-order valence-electron chi connectivity index (χ3n) is 2.85. The van der Waals surface area contributed by atoms with Crippen molar-refractivity contribution in [3.8, 4) is 0 Å². The highest BCUT2D eigenvalue weighted by Crippen LogP contribution is 2.27. The molecule has 2 atom stereocenters. The molecule has 0 radical (unpaired) electrons. The Morgan fingerprint density at radius 1 is 1.36 bits per heavy atom. The molecule has 80 valence electrons. The predicted octanol–water partition coefficient (Wildman–Crippen LogP) is 0.512. The van der Waals surface area contributed by atoms with Gasteiger partial charge in [-0.1, -0.05) is 0 Å². The summed E-state index contributed by atoms with van der Waals surface area (Å²) in [7, 11) is 0. The van der Waals surface area contributed by atoms with Crippen LogP contribution in [0, 0.1) is 0 Å². The molecule has 3 rings (SSSR count). The first kappa shape index (κ1) is 9.76. The predicted molar refractivity (Wildman–Crippen MR) is 42.6 cm³/mol. The quantitative estimate of drug-likeness (QED) is 0.629. The molecule has 3 heterocycles. The smallest absolute Gasteiger partial charge is 0.329 e. The molecule has 14 heavy (non-hydrogen) atoms. The number of alkyl halides is 3. The Labute approximate surface area is 79.3 Å². The van der Waals surface area contributed by atoms with Crippen molar-refractivity contribution in [2.24, 2.45) is 0 Å². The van der Waals surface area contributed by atoms with Crippen molar-refractivity contribution in [3.63, 3.8) is 0 Å². The van der Waals surface area contributed by atoms with Gasteiger partial charge >= 0.3 is 12.1 Å². The molecule has 0 aromatic carbocycles. The number of fused-ring (bicyclic) bond motifs is 3. The molecule has 0 aromatic heterocycles. The Morgan fingerprint density at radius 2 is 2.07 bits per heavy atom. The molecule has 0 aromatic rings. The Balaban J connectivity index is 2.09. The molecule has 1 N–H and O–H groups in total. The van der Waals surface area contributed by atoms with Gasteiger partial charge in [-0.15, -0.1) is 0 Å². The van der Waals surface area contributed by atoms with Gasteiger partial charge in [-0.2, -0.15) is 13.2 Å². The van der Waals surface area contributed by atoms with E-state index < -0.39 is 12.1 Å². The molecule has 3 aliphatic heterocycles. The first-order valence-corrected chi connectivity index (χ1v) is 4.59. The highest BCUT2D eigenvalue weighted by atomic mass is 19.4. The lowest BCUT2D eigenvalue weighted by Gasteiger charge is -2.45. The zero-order valence-corrected chi connectivity index (χ0v) is 7.47. The Morgan fingerprint density at radius 3 is 2.43 bits per heavy atom. The fourth-order valence-corrected chi connectivity index (χ4v) is 2.12. The molecule has 0 aliphatic carbocycles. The minimum atomic E-state index is -4.72. The molecule has 2 bridgehead atoms. The topological polar surface area (TPSA) is 32.3 Å². The maximum absolute atomic E-state index is 12.1. The molecule has 0 spiro atoms. The van der Waals surface area contributed by atoms with Crippen LogP contribution in [0.25, 0.3) is 0 Å². The van der Waals surface area contributed by atoms with Gasteiger partial charge in [0, 0.05) is 25.2 Å². The second kappa shape index (κ2) is 3.12. The summed E-state index contributed by atoms with van der Waals surface area (Å²) in [4.78, 5) is 11.9. The summed E-state index contributed by atoms with van der Waals surface area (Å²) in [6, 6.07) is -0.222. The van der Waals surface area contributed by atoms with Gasteiger partial charge in [-0.25, -0.2) is 0 Å². The van der Waals surface area contributed by atoms with Crippen molar-refractivity contribution in [1.82, 2.24) is 10.2 Å². The zero-order valence-electron chi connectivity index (χ0n) is 7.47. The van der Waals surface area contributed by atoms with E-state index in [0.29, 0.717) is 13.0 Å². The number of piperidine rings is 2. The fraction of sp³-hybridized carbons (Fsp3) is 0.875. The number of nitrogens with one attached hydrogen (secondary N) is 1. The molecular formula is C8H11F3N2O. The van der Waals surface area contributed by atoms with Crippen molar-refractivity contribution in [2.75, 3.05) is 13.1 Å². The van der Waals surface area contributed by atoms with Gasteiger partial charge in [0.2, 0.25) is 0 Å². The number of carbonyl (C=O) groups is 1. The second-order valence-electron chi connectivity index (χ2n) is 3.79. The lowest BCUT2D eigenvalue weighted by molar-refractivity contribution is -0.191. The van der Waals surface area contributed by atoms with Crippen LogP contribution in [0.5, 0.6) is 0 Å². The fourth-order valence-electron chi connectivity index (χ4n) is 2.12. The van der Waals surface area contributed by atoms with Crippen LogP contribution in [0.3, 0.4) is 0 Å². The van der Waals surface area contributed by atoms with E-state index in [0.717, 1.165) is 11.3 Å². The monoisotopic (exact) mass is 208 g/mol. The summed E-state index contributed by atoms with van der Waals surface area (Å²) < 4.78 is 36.4. The Bertz CT molecular complexity index is 245. The lowest BCUT2D eigenvalue weighted by atomic mass is 9.93. The highest BCUT2D eigenvalue weighted by Gasteiger charge is 2.47. The molecule has 3 nitrogen and oxygen atoms in total. The van der Waals surface area contributed by atoms with Gasteiger partial charge in [0.05, 0.1) is 0 Å². The molecule has 3 fully saturated rings. The van der Waals surface area contributed by atoms with Crippen LogP contribution in [-0.2, 0) is 4.79 Å². The van der Waals surface area contributed by atoms with Crippen LogP contribution in [0.1, 0.15) is 12.8 Å². The average Bonchev–Trinajstić information content (AvgIpc) is 2.17. The minimum absolute atomic E-state index is 0.0475. The average molecular weight is 208 g/mol. The number of carbonyl (C=O) groups excluding carboxylic acids is 1. The number of hydrogen-bond acceptors (Lipinski definition) is 2. The first-order chi connectivity index (χ1) is 6.48. The lowest BCUT2D eigenvalue weighted by Crippen LogP contribution is -2.64. The van der Waals surface area contributed by atoms with E-state index in [1.54, 1.807) is 0 Å². The largest absolute Gasteiger partial charge is 0.471 e. The van der Waals surface area contributed by atoms with E-state index in [-0.39, 0.29) is 18.6 Å². The number of hydrogen-bond donors (Lipinski definition) is 1. The Hall–Kier alpha value is -0.780. The third kappa shape index (κ3) is 1.58. The number of rotatable bonds is 0. The Kier molecular flexibility index (Phi) is 2.17. The van der Waals surface area contributed by atoms with Crippen molar-refractivity contribution in [3.05, 3.63) is 0 Å². The van der Waals surface area contributed by atoms with Crippen LogP contribution >= 0.6 is 0 Å². The molecular weight excluding hydrogens is 197 g/mol. The molecule has 3 saturated heterocycles.